The summed E-state index contributed by atoms with van der Waals surface area (Å²) in [4.78, 5) is 17.2. The number of carbonyl (C=O) groups excluding carboxylic acids is 1. The van der Waals surface area contributed by atoms with Crippen molar-refractivity contribution < 1.29 is 13.6 Å². The Balaban J connectivity index is 1.46. The standard InChI is InChI=1S/C20H23F2N3OS/c21-20(22)27-18-9-5-4-8-17(18)23-19(26)15-25-12-10-24(11-13-25)14-16-6-2-1-3-7-16/h1-9,20H,10-15H2,(H,23,26). The van der Waals surface area contributed by atoms with E-state index >= 15 is 0 Å². The topological polar surface area (TPSA) is 35.6 Å². The molecule has 0 radical (unpaired) electrons. The number of anilines is 1. The van der Waals surface area contributed by atoms with Crippen LogP contribution < -0.4 is 5.32 Å². The van der Waals surface area contributed by atoms with Gasteiger partial charge in [-0.2, -0.15) is 8.78 Å². The molecule has 0 aliphatic carbocycles. The van der Waals surface area contributed by atoms with Crippen molar-refractivity contribution >= 4 is 23.4 Å². The quantitative estimate of drug-likeness (QED) is 0.729. The van der Waals surface area contributed by atoms with Crippen molar-refractivity contribution in [3.8, 4) is 0 Å². The summed E-state index contributed by atoms with van der Waals surface area (Å²) in [6.07, 6.45) is 0. The number of hydrogen-bond acceptors (Lipinski definition) is 4. The van der Waals surface area contributed by atoms with Gasteiger partial charge in [-0.1, -0.05) is 54.2 Å². The summed E-state index contributed by atoms with van der Waals surface area (Å²) in [6.45, 7) is 4.62. The number of para-hydroxylation sites is 1. The number of halogens is 2. The highest BCUT2D eigenvalue weighted by atomic mass is 32.2. The molecule has 1 aliphatic rings. The lowest BCUT2D eigenvalue weighted by molar-refractivity contribution is -0.117. The molecule has 0 unspecified atom stereocenters. The summed E-state index contributed by atoms with van der Waals surface area (Å²) >= 11 is 0.446. The minimum absolute atomic E-state index is 0.172. The van der Waals surface area contributed by atoms with Gasteiger partial charge in [-0.3, -0.25) is 14.6 Å². The number of nitrogens with zero attached hydrogens (tertiary/aromatic N) is 2. The van der Waals surface area contributed by atoms with Gasteiger partial charge in [0.15, 0.2) is 0 Å². The molecule has 0 atom stereocenters. The minimum Gasteiger partial charge on any atom is -0.324 e. The first-order valence-corrected chi connectivity index (χ1v) is 9.80. The smallest absolute Gasteiger partial charge is 0.288 e. The molecule has 1 saturated heterocycles. The molecule has 1 aliphatic heterocycles. The summed E-state index contributed by atoms with van der Waals surface area (Å²) < 4.78 is 25.3. The van der Waals surface area contributed by atoms with Crippen LogP contribution in [0.2, 0.25) is 0 Å². The first-order chi connectivity index (χ1) is 13.1. The molecule has 2 aromatic rings. The largest absolute Gasteiger partial charge is 0.324 e. The zero-order chi connectivity index (χ0) is 19.1. The van der Waals surface area contributed by atoms with Crippen molar-refractivity contribution in [2.75, 3.05) is 38.0 Å². The Hall–Kier alpha value is -1.96. The SMILES string of the molecule is O=C(CN1CCN(Cc2ccccc2)CC1)Nc1ccccc1SC(F)F. The van der Waals surface area contributed by atoms with E-state index in [-0.39, 0.29) is 12.5 Å². The first kappa shape index (κ1) is 19.8. The van der Waals surface area contributed by atoms with Crippen LogP contribution in [0.3, 0.4) is 0 Å². The molecule has 1 fully saturated rings. The van der Waals surface area contributed by atoms with Crippen LogP contribution in [0.1, 0.15) is 5.56 Å². The van der Waals surface area contributed by atoms with Gasteiger partial charge in [-0.15, -0.1) is 0 Å². The van der Waals surface area contributed by atoms with Gasteiger partial charge in [0.2, 0.25) is 5.91 Å². The van der Waals surface area contributed by atoms with Gasteiger partial charge in [0.25, 0.3) is 5.76 Å². The highest BCUT2D eigenvalue weighted by Gasteiger charge is 2.19. The molecule has 0 spiro atoms. The monoisotopic (exact) mass is 391 g/mol. The fourth-order valence-corrected chi connectivity index (χ4v) is 3.70. The highest BCUT2D eigenvalue weighted by molar-refractivity contribution is 7.99. The van der Waals surface area contributed by atoms with Crippen molar-refractivity contribution in [3.63, 3.8) is 0 Å². The Labute approximate surface area is 162 Å². The summed E-state index contributed by atoms with van der Waals surface area (Å²) in [7, 11) is 0. The average Bonchev–Trinajstić information content (AvgIpc) is 2.65. The molecule has 0 saturated carbocycles. The van der Waals surface area contributed by atoms with E-state index in [9.17, 15) is 13.6 Å². The second kappa shape index (κ2) is 9.82. The predicted molar refractivity (Wildman–Crippen MR) is 105 cm³/mol. The maximum Gasteiger partial charge on any atom is 0.288 e. The van der Waals surface area contributed by atoms with Crippen molar-refractivity contribution in [3.05, 3.63) is 60.2 Å². The third kappa shape index (κ3) is 6.30. The number of benzene rings is 2. The lowest BCUT2D eigenvalue weighted by atomic mass is 10.2. The molecule has 7 heteroatoms. The van der Waals surface area contributed by atoms with E-state index in [2.05, 4.69) is 27.2 Å². The Bertz CT molecular complexity index is 737. The summed E-state index contributed by atoms with van der Waals surface area (Å²) in [5, 5.41) is 2.77. The molecule has 1 amide bonds. The Morgan fingerprint density at radius 2 is 1.59 bits per heavy atom. The molecule has 144 valence electrons. The van der Waals surface area contributed by atoms with Crippen LogP contribution in [0.25, 0.3) is 0 Å². The van der Waals surface area contributed by atoms with Crippen LogP contribution in [0, 0.1) is 0 Å². The molecule has 4 nitrogen and oxygen atoms in total. The molecular weight excluding hydrogens is 368 g/mol. The van der Waals surface area contributed by atoms with Crippen LogP contribution >= 0.6 is 11.8 Å². The number of thioether (sulfide) groups is 1. The van der Waals surface area contributed by atoms with Crippen molar-refractivity contribution in [2.45, 2.75) is 17.2 Å². The number of amides is 1. The van der Waals surface area contributed by atoms with Gasteiger partial charge in [0, 0.05) is 37.6 Å². The summed E-state index contributed by atoms with van der Waals surface area (Å²) in [5.74, 6) is -2.69. The van der Waals surface area contributed by atoms with Gasteiger partial charge in [-0.25, -0.2) is 0 Å². The second-order valence-corrected chi connectivity index (χ2v) is 7.49. The predicted octanol–water partition coefficient (Wildman–Crippen LogP) is 3.76. The van der Waals surface area contributed by atoms with E-state index in [0.29, 0.717) is 22.3 Å². The fraction of sp³-hybridized carbons (Fsp3) is 0.350. The van der Waals surface area contributed by atoms with Crippen LogP contribution in [-0.2, 0) is 11.3 Å². The van der Waals surface area contributed by atoms with Crippen molar-refractivity contribution in [1.29, 1.82) is 0 Å². The maximum absolute atomic E-state index is 12.6. The maximum atomic E-state index is 12.6. The molecule has 1 heterocycles. The Morgan fingerprint density at radius 1 is 0.963 bits per heavy atom. The molecular formula is C20H23F2N3OS. The number of carbonyl (C=O) groups is 1. The Morgan fingerprint density at radius 3 is 2.30 bits per heavy atom. The molecule has 1 N–H and O–H groups in total. The highest BCUT2D eigenvalue weighted by Crippen LogP contribution is 2.31. The van der Waals surface area contributed by atoms with Crippen LogP contribution in [0.15, 0.2) is 59.5 Å². The number of nitrogens with one attached hydrogen (secondary N) is 1. The second-order valence-electron chi connectivity index (χ2n) is 6.46. The minimum atomic E-state index is -2.51. The van der Waals surface area contributed by atoms with Gasteiger partial charge in [0.1, 0.15) is 0 Å². The zero-order valence-corrected chi connectivity index (χ0v) is 15.8. The third-order valence-electron chi connectivity index (χ3n) is 4.46. The normalized spacial score (nSPS) is 15.8. The number of alkyl halides is 2. The molecule has 0 bridgehead atoms. The van der Waals surface area contributed by atoms with Gasteiger partial charge in [0.05, 0.1) is 12.2 Å². The fourth-order valence-electron chi connectivity index (χ4n) is 3.11. The lowest BCUT2D eigenvalue weighted by Crippen LogP contribution is -2.48. The lowest BCUT2D eigenvalue weighted by Gasteiger charge is -2.34. The van der Waals surface area contributed by atoms with Crippen LogP contribution in [-0.4, -0.2) is 54.2 Å². The Kier molecular flexibility index (Phi) is 7.20. The summed E-state index contributed by atoms with van der Waals surface area (Å²) in [5.41, 5.74) is 1.73. The van der Waals surface area contributed by atoms with E-state index in [4.69, 9.17) is 0 Å². The van der Waals surface area contributed by atoms with Crippen LogP contribution in [0.5, 0.6) is 0 Å². The van der Waals surface area contributed by atoms with Crippen LogP contribution in [0.4, 0.5) is 14.5 Å². The number of rotatable bonds is 7. The van der Waals surface area contributed by atoms with Gasteiger partial charge < -0.3 is 5.32 Å². The average molecular weight is 391 g/mol. The number of piperazine rings is 1. The van der Waals surface area contributed by atoms with E-state index in [0.717, 1.165) is 32.7 Å². The first-order valence-electron chi connectivity index (χ1n) is 8.92. The van der Waals surface area contributed by atoms with Crippen molar-refractivity contribution in [2.24, 2.45) is 0 Å². The van der Waals surface area contributed by atoms with E-state index < -0.39 is 5.76 Å². The zero-order valence-electron chi connectivity index (χ0n) is 15.0. The van der Waals surface area contributed by atoms with Crippen molar-refractivity contribution in [1.82, 2.24) is 9.80 Å². The molecule has 0 aromatic heterocycles. The van der Waals surface area contributed by atoms with E-state index in [1.807, 2.05) is 18.2 Å². The number of hydrogen-bond donors (Lipinski definition) is 1. The molecule has 27 heavy (non-hydrogen) atoms. The summed E-state index contributed by atoms with van der Waals surface area (Å²) in [6, 6.07) is 17.0. The van der Waals surface area contributed by atoms with E-state index in [1.54, 1.807) is 24.3 Å². The molecule has 3 rings (SSSR count). The molecule has 2 aromatic carbocycles. The van der Waals surface area contributed by atoms with E-state index in [1.165, 1.54) is 5.56 Å². The third-order valence-corrected chi connectivity index (χ3v) is 5.25. The van der Waals surface area contributed by atoms with Gasteiger partial charge >= 0.3 is 0 Å². The van der Waals surface area contributed by atoms with Gasteiger partial charge in [-0.05, 0) is 17.7 Å².